The molecule has 0 aliphatic rings. The molecule has 3 aromatic carbocycles. The molecule has 0 aliphatic carbocycles. The minimum Gasteiger partial charge on any atom is -0.489 e. The Hall–Kier alpha value is -4.18. The van der Waals surface area contributed by atoms with Crippen LogP contribution in [-0.2, 0) is 24.1 Å². The number of halogens is 3. The van der Waals surface area contributed by atoms with Crippen LogP contribution in [0.25, 0.3) is 10.9 Å². The van der Waals surface area contributed by atoms with Crippen LogP contribution < -0.4 is 4.74 Å². The highest BCUT2D eigenvalue weighted by Gasteiger charge is 2.30. The molecule has 1 unspecified atom stereocenters. The van der Waals surface area contributed by atoms with Gasteiger partial charge >= 0.3 is 12.1 Å². The fourth-order valence-corrected chi connectivity index (χ4v) is 4.41. The number of aryl methyl sites for hydroxylation is 1. The average molecular weight is 506 g/mol. The maximum Gasteiger partial charge on any atom is 0.416 e. The van der Waals surface area contributed by atoms with E-state index in [1.807, 2.05) is 48.0 Å². The van der Waals surface area contributed by atoms with E-state index in [1.54, 1.807) is 25.1 Å². The molecule has 37 heavy (non-hydrogen) atoms. The molecule has 1 heterocycles. The van der Waals surface area contributed by atoms with Crippen LogP contribution in [0.5, 0.6) is 5.75 Å². The molecule has 0 saturated carbocycles. The number of nitrogens with zero attached hydrogens (tertiary/aromatic N) is 1. The first-order valence-electron chi connectivity index (χ1n) is 11.8. The van der Waals surface area contributed by atoms with Gasteiger partial charge in [-0.1, -0.05) is 42.3 Å². The van der Waals surface area contributed by atoms with E-state index >= 15 is 0 Å². The minimum absolute atomic E-state index is 0.0690. The molecule has 0 amide bonds. The Morgan fingerprint density at radius 3 is 2.51 bits per heavy atom. The Morgan fingerprint density at radius 2 is 1.84 bits per heavy atom. The smallest absolute Gasteiger partial charge is 0.416 e. The van der Waals surface area contributed by atoms with Crippen molar-refractivity contribution in [2.45, 2.75) is 45.5 Å². The van der Waals surface area contributed by atoms with Crippen molar-refractivity contribution in [3.05, 3.63) is 101 Å². The van der Waals surface area contributed by atoms with Crippen molar-refractivity contribution in [2.24, 2.45) is 0 Å². The van der Waals surface area contributed by atoms with Crippen molar-refractivity contribution in [1.82, 2.24) is 4.57 Å². The summed E-state index contributed by atoms with van der Waals surface area (Å²) in [6.45, 7) is 4.29. The molecule has 1 atom stereocenters. The van der Waals surface area contributed by atoms with Crippen LogP contribution in [0, 0.1) is 18.8 Å². The van der Waals surface area contributed by atoms with Crippen LogP contribution >= 0.6 is 0 Å². The molecule has 4 rings (SSSR count). The number of aromatic nitrogens is 1. The van der Waals surface area contributed by atoms with E-state index in [0.717, 1.165) is 33.7 Å². The molecule has 1 N–H and O–H groups in total. The molecule has 7 heteroatoms. The van der Waals surface area contributed by atoms with Gasteiger partial charge in [0.05, 0.1) is 23.4 Å². The van der Waals surface area contributed by atoms with Crippen molar-refractivity contribution in [3.63, 3.8) is 0 Å². The number of aliphatic carboxylic acids is 1. The third-order valence-corrected chi connectivity index (χ3v) is 6.28. The van der Waals surface area contributed by atoms with Gasteiger partial charge in [-0.2, -0.15) is 13.2 Å². The van der Waals surface area contributed by atoms with E-state index in [1.165, 1.54) is 12.1 Å². The first-order valence-corrected chi connectivity index (χ1v) is 11.8. The lowest BCUT2D eigenvalue weighted by molar-refractivity contribution is -0.138. The summed E-state index contributed by atoms with van der Waals surface area (Å²) in [5.74, 6) is 5.07. The van der Waals surface area contributed by atoms with E-state index in [-0.39, 0.29) is 12.3 Å². The quantitative estimate of drug-likeness (QED) is 0.258. The minimum atomic E-state index is -4.38. The maximum atomic E-state index is 13.1. The van der Waals surface area contributed by atoms with Gasteiger partial charge in [0.2, 0.25) is 0 Å². The molecule has 0 saturated heterocycles. The normalized spacial score (nSPS) is 12.1. The molecule has 0 radical (unpaired) electrons. The Kier molecular flexibility index (Phi) is 7.58. The zero-order valence-electron chi connectivity index (χ0n) is 20.5. The number of carbonyl (C=O) groups is 1. The van der Waals surface area contributed by atoms with Gasteiger partial charge in [-0.25, -0.2) is 0 Å². The largest absolute Gasteiger partial charge is 0.489 e. The summed E-state index contributed by atoms with van der Waals surface area (Å²) in [5.41, 5.74) is 3.63. The monoisotopic (exact) mass is 505 g/mol. The molecular formula is C30H26F3NO3. The van der Waals surface area contributed by atoms with Gasteiger partial charge in [0.15, 0.2) is 0 Å². The molecule has 4 aromatic rings. The van der Waals surface area contributed by atoms with Crippen LogP contribution in [-0.4, -0.2) is 15.6 Å². The number of hydrogen-bond donors (Lipinski definition) is 1. The third kappa shape index (κ3) is 6.15. The predicted molar refractivity (Wildman–Crippen MR) is 136 cm³/mol. The van der Waals surface area contributed by atoms with Gasteiger partial charge in [-0.05, 0) is 71.8 Å². The average Bonchev–Trinajstić information content (AvgIpc) is 3.26. The summed E-state index contributed by atoms with van der Waals surface area (Å²) >= 11 is 0. The number of benzene rings is 3. The molecule has 0 fully saturated rings. The number of rotatable bonds is 8. The van der Waals surface area contributed by atoms with E-state index in [4.69, 9.17) is 9.84 Å². The van der Waals surface area contributed by atoms with Crippen molar-refractivity contribution in [2.75, 3.05) is 0 Å². The molecule has 0 aliphatic heterocycles. The molecule has 0 bridgehead atoms. The molecule has 1 aromatic heterocycles. The van der Waals surface area contributed by atoms with Crippen molar-refractivity contribution < 1.29 is 27.8 Å². The van der Waals surface area contributed by atoms with Crippen LogP contribution in [0.3, 0.4) is 0 Å². The zero-order valence-corrected chi connectivity index (χ0v) is 20.5. The summed E-state index contributed by atoms with van der Waals surface area (Å²) in [4.78, 5) is 11.1. The van der Waals surface area contributed by atoms with Gasteiger partial charge in [0.25, 0.3) is 0 Å². The van der Waals surface area contributed by atoms with Crippen molar-refractivity contribution >= 4 is 16.9 Å². The second kappa shape index (κ2) is 10.8. The SMILES string of the molecule is CC#CC(CC(=O)O)c1ccc(OCc2ccc3ccn(Cc4cccc(C(F)(F)F)c4)c3c2C)cc1. The number of hydrogen-bond acceptors (Lipinski definition) is 2. The van der Waals surface area contributed by atoms with Crippen LogP contribution in [0.2, 0.25) is 0 Å². The fourth-order valence-electron chi connectivity index (χ4n) is 4.41. The second-order valence-electron chi connectivity index (χ2n) is 8.83. The van der Waals surface area contributed by atoms with Gasteiger partial charge in [0.1, 0.15) is 12.4 Å². The zero-order chi connectivity index (χ0) is 26.6. The standard InChI is InChI=1S/C30H26F3NO3/c1-3-5-24(17-28(35)36)22-10-12-27(13-11-22)37-19-25-9-8-23-14-15-34(29(23)20(25)2)18-21-6-4-7-26(16-21)30(31,32)33/h4,6-16,24H,17-19H2,1-2H3,(H,35,36). The summed E-state index contributed by atoms with van der Waals surface area (Å²) in [7, 11) is 0. The van der Waals surface area contributed by atoms with Crippen LogP contribution in [0.1, 0.15) is 47.1 Å². The highest BCUT2D eigenvalue weighted by Crippen LogP contribution is 2.31. The van der Waals surface area contributed by atoms with Gasteiger partial charge in [-0.3, -0.25) is 4.79 Å². The summed E-state index contributed by atoms with van der Waals surface area (Å²) in [6, 6.07) is 18.5. The van der Waals surface area contributed by atoms with Gasteiger partial charge in [-0.15, -0.1) is 5.92 Å². The highest BCUT2D eigenvalue weighted by molar-refractivity contribution is 5.84. The summed E-state index contributed by atoms with van der Waals surface area (Å²) in [5, 5.41) is 10.1. The predicted octanol–water partition coefficient (Wildman–Crippen LogP) is 7.18. The van der Waals surface area contributed by atoms with Crippen molar-refractivity contribution in [3.8, 4) is 17.6 Å². The topological polar surface area (TPSA) is 51.5 Å². The van der Waals surface area contributed by atoms with Gasteiger partial charge < -0.3 is 14.4 Å². The number of ether oxygens (including phenoxy) is 1. The van der Waals surface area contributed by atoms with Crippen molar-refractivity contribution in [1.29, 1.82) is 0 Å². The highest BCUT2D eigenvalue weighted by atomic mass is 19.4. The lowest BCUT2D eigenvalue weighted by Crippen LogP contribution is -2.07. The summed E-state index contributed by atoms with van der Waals surface area (Å²) in [6.07, 6.45) is -2.57. The van der Waals surface area contributed by atoms with E-state index in [9.17, 15) is 18.0 Å². The molecule has 190 valence electrons. The second-order valence-corrected chi connectivity index (χ2v) is 8.83. The Morgan fingerprint density at radius 1 is 1.08 bits per heavy atom. The summed E-state index contributed by atoms with van der Waals surface area (Å²) < 4.78 is 47.4. The number of fused-ring (bicyclic) bond motifs is 1. The number of carboxylic acid groups (broad SMARTS) is 1. The van der Waals surface area contributed by atoms with Crippen LogP contribution in [0.15, 0.2) is 72.9 Å². The molecule has 4 nitrogen and oxygen atoms in total. The Bertz CT molecular complexity index is 1470. The van der Waals surface area contributed by atoms with E-state index < -0.39 is 17.7 Å². The number of alkyl halides is 3. The molecule has 0 spiro atoms. The van der Waals surface area contributed by atoms with Gasteiger partial charge in [0, 0.05) is 12.7 Å². The van der Waals surface area contributed by atoms with E-state index in [0.29, 0.717) is 24.5 Å². The lowest BCUT2D eigenvalue weighted by atomic mass is 9.96. The molecular weight excluding hydrogens is 479 g/mol. The Labute approximate surface area is 213 Å². The Balaban J connectivity index is 1.52. The fraction of sp³-hybridized carbons (Fsp3) is 0.233. The van der Waals surface area contributed by atoms with Crippen LogP contribution in [0.4, 0.5) is 13.2 Å². The van der Waals surface area contributed by atoms with E-state index in [2.05, 4.69) is 11.8 Å². The number of carboxylic acids is 1. The maximum absolute atomic E-state index is 13.1. The third-order valence-electron chi connectivity index (χ3n) is 6.28. The first-order chi connectivity index (χ1) is 17.7. The first kappa shape index (κ1) is 25.9. The lowest BCUT2D eigenvalue weighted by Gasteiger charge is -2.14.